The van der Waals surface area contributed by atoms with Crippen molar-refractivity contribution in [3.8, 4) is 0 Å². The number of carbonyl (C=O) groups excluding carboxylic acids is 2. The van der Waals surface area contributed by atoms with Crippen LogP contribution in [-0.2, 0) is 25.5 Å². The Morgan fingerprint density at radius 1 is 1.43 bits per heavy atom. The van der Waals surface area contributed by atoms with E-state index in [-0.39, 0.29) is 17.9 Å². The standard InChI is InChI=1S/C17H22N2O4/c1-3-16(20)18-14-6-4-13(5-7-14)10-17(21)19-8-9-23-15(11-19)12-22-2/h3-7,15H,1,8-12H2,2H3,(H,18,20)/t15-/m0/s1. The Labute approximate surface area is 136 Å². The molecule has 0 bridgehead atoms. The highest BCUT2D eigenvalue weighted by Gasteiger charge is 2.24. The Morgan fingerprint density at radius 2 is 2.17 bits per heavy atom. The van der Waals surface area contributed by atoms with Gasteiger partial charge in [-0.15, -0.1) is 0 Å². The van der Waals surface area contributed by atoms with Gasteiger partial charge in [0.05, 0.1) is 25.7 Å². The summed E-state index contributed by atoms with van der Waals surface area (Å²) in [5.74, 6) is -0.191. The molecular formula is C17H22N2O4. The van der Waals surface area contributed by atoms with Gasteiger partial charge in [-0.25, -0.2) is 0 Å². The third kappa shape index (κ3) is 5.19. The van der Waals surface area contributed by atoms with Crippen molar-refractivity contribution in [3.05, 3.63) is 42.5 Å². The molecule has 0 unspecified atom stereocenters. The summed E-state index contributed by atoms with van der Waals surface area (Å²) in [4.78, 5) is 25.4. The molecule has 1 aromatic rings. The average Bonchev–Trinajstić information content (AvgIpc) is 2.57. The summed E-state index contributed by atoms with van der Waals surface area (Å²) in [7, 11) is 1.62. The number of anilines is 1. The summed E-state index contributed by atoms with van der Waals surface area (Å²) in [5.41, 5.74) is 1.58. The number of nitrogens with zero attached hydrogens (tertiary/aromatic N) is 1. The van der Waals surface area contributed by atoms with Crippen molar-refractivity contribution in [1.29, 1.82) is 0 Å². The molecule has 1 aliphatic heterocycles. The molecule has 124 valence electrons. The molecule has 0 spiro atoms. The lowest BCUT2D eigenvalue weighted by Crippen LogP contribution is -2.47. The van der Waals surface area contributed by atoms with Gasteiger partial charge in [0.15, 0.2) is 0 Å². The van der Waals surface area contributed by atoms with Crippen molar-refractivity contribution in [1.82, 2.24) is 4.90 Å². The van der Waals surface area contributed by atoms with Crippen molar-refractivity contribution in [2.24, 2.45) is 0 Å². The number of nitrogens with one attached hydrogen (secondary N) is 1. The van der Waals surface area contributed by atoms with E-state index in [0.29, 0.717) is 38.4 Å². The molecular weight excluding hydrogens is 296 g/mol. The van der Waals surface area contributed by atoms with E-state index in [9.17, 15) is 9.59 Å². The van der Waals surface area contributed by atoms with Crippen molar-refractivity contribution in [2.45, 2.75) is 12.5 Å². The van der Waals surface area contributed by atoms with Crippen LogP contribution in [-0.4, -0.2) is 56.2 Å². The van der Waals surface area contributed by atoms with Gasteiger partial charge in [-0.2, -0.15) is 0 Å². The van der Waals surface area contributed by atoms with Crippen LogP contribution in [0.15, 0.2) is 36.9 Å². The van der Waals surface area contributed by atoms with Gasteiger partial charge in [-0.3, -0.25) is 9.59 Å². The van der Waals surface area contributed by atoms with Gasteiger partial charge in [0.25, 0.3) is 0 Å². The Balaban J connectivity index is 1.89. The van der Waals surface area contributed by atoms with Crippen molar-refractivity contribution in [3.63, 3.8) is 0 Å². The second-order valence-electron chi connectivity index (χ2n) is 5.35. The molecule has 1 heterocycles. The van der Waals surface area contributed by atoms with Gasteiger partial charge in [-0.1, -0.05) is 18.7 Å². The first-order valence-electron chi connectivity index (χ1n) is 7.53. The number of methoxy groups -OCH3 is 1. The highest BCUT2D eigenvalue weighted by atomic mass is 16.5. The van der Waals surface area contributed by atoms with E-state index in [1.165, 1.54) is 6.08 Å². The van der Waals surface area contributed by atoms with Crippen LogP contribution in [0.4, 0.5) is 5.69 Å². The van der Waals surface area contributed by atoms with Crippen LogP contribution < -0.4 is 5.32 Å². The predicted molar refractivity (Wildman–Crippen MR) is 87.2 cm³/mol. The Bertz CT molecular complexity index is 554. The molecule has 1 saturated heterocycles. The number of morpholine rings is 1. The van der Waals surface area contributed by atoms with E-state index in [2.05, 4.69) is 11.9 Å². The number of benzene rings is 1. The van der Waals surface area contributed by atoms with Crippen LogP contribution in [0.1, 0.15) is 5.56 Å². The van der Waals surface area contributed by atoms with Gasteiger partial charge in [-0.05, 0) is 23.8 Å². The summed E-state index contributed by atoms with van der Waals surface area (Å²) in [6, 6.07) is 7.22. The molecule has 0 radical (unpaired) electrons. The van der Waals surface area contributed by atoms with Crippen LogP contribution in [0.3, 0.4) is 0 Å². The number of hydrogen-bond donors (Lipinski definition) is 1. The number of amides is 2. The van der Waals surface area contributed by atoms with Gasteiger partial charge in [0, 0.05) is 25.9 Å². The summed E-state index contributed by atoms with van der Waals surface area (Å²) < 4.78 is 10.6. The summed E-state index contributed by atoms with van der Waals surface area (Å²) in [6.07, 6.45) is 1.48. The summed E-state index contributed by atoms with van der Waals surface area (Å²) >= 11 is 0. The molecule has 0 aromatic heterocycles. The molecule has 2 rings (SSSR count). The zero-order chi connectivity index (χ0) is 16.7. The maximum absolute atomic E-state index is 12.4. The monoisotopic (exact) mass is 318 g/mol. The molecule has 0 saturated carbocycles. The average molecular weight is 318 g/mol. The van der Waals surface area contributed by atoms with Crippen LogP contribution in [0.2, 0.25) is 0 Å². The van der Waals surface area contributed by atoms with Crippen LogP contribution >= 0.6 is 0 Å². The first-order valence-corrected chi connectivity index (χ1v) is 7.53. The fourth-order valence-corrected chi connectivity index (χ4v) is 2.42. The Kier molecular flexibility index (Phi) is 6.31. The quantitative estimate of drug-likeness (QED) is 0.801. The maximum atomic E-state index is 12.4. The number of ether oxygens (including phenoxy) is 2. The molecule has 2 amide bonds. The normalized spacial score (nSPS) is 17.6. The largest absolute Gasteiger partial charge is 0.382 e. The van der Waals surface area contributed by atoms with Gasteiger partial charge in [0.1, 0.15) is 0 Å². The molecule has 1 fully saturated rings. The highest BCUT2D eigenvalue weighted by Crippen LogP contribution is 2.13. The first kappa shape index (κ1) is 17.2. The molecule has 6 nitrogen and oxygen atoms in total. The Hall–Kier alpha value is -2.18. The molecule has 0 aliphatic carbocycles. The SMILES string of the molecule is C=CC(=O)Nc1ccc(CC(=O)N2CCO[C@H](COC)C2)cc1. The van der Waals surface area contributed by atoms with Gasteiger partial charge >= 0.3 is 0 Å². The van der Waals surface area contributed by atoms with Gasteiger partial charge < -0.3 is 19.7 Å². The topological polar surface area (TPSA) is 67.9 Å². The first-order chi connectivity index (χ1) is 11.1. The van der Waals surface area contributed by atoms with Crippen molar-refractivity contribution in [2.75, 3.05) is 38.7 Å². The zero-order valence-corrected chi connectivity index (χ0v) is 13.3. The smallest absolute Gasteiger partial charge is 0.247 e. The molecule has 1 aliphatic rings. The number of hydrogen-bond acceptors (Lipinski definition) is 4. The van der Waals surface area contributed by atoms with Crippen LogP contribution in [0.25, 0.3) is 0 Å². The maximum Gasteiger partial charge on any atom is 0.247 e. The third-order valence-corrected chi connectivity index (χ3v) is 3.61. The van der Waals surface area contributed by atoms with E-state index >= 15 is 0 Å². The zero-order valence-electron chi connectivity index (χ0n) is 13.3. The minimum atomic E-state index is -0.258. The fraction of sp³-hybridized carbons (Fsp3) is 0.412. The highest BCUT2D eigenvalue weighted by molar-refractivity contribution is 5.98. The Morgan fingerprint density at radius 3 is 2.83 bits per heavy atom. The summed E-state index contributed by atoms with van der Waals surface area (Å²) in [6.45, 7) is 5.58. The lowest BCUT2D eigenvalue weighted by Gasteiger charge is -2.32. The van der Waals surface area contributed by atoms with Crippen LogP contribution in [0, 0.1) is 0 Å². The molecule has 1 atom stereocenters. The number of rotatable bonds is 6. The molecule has 1 N–H and O–H groups in total. The lowest BCUT2D eigenvalue weighted by atomic mass is 10.1. The number of carbonyl (C=O) groups is 2. The van der Waals surface area contributed by atoms with E-state index in [1.807, 2.05) is 12.1 Å². The second-order valence-corrected chi connectivity index (χ2v) is 5.35. The third-order valence-electron chi connectivity index (χ3n) is 3.61. The summed E-state index contributed by atoms with van der Waals surface area (Å²) in [5, 5.41) is 2.67. The molecule has 23 heavy (non-hydrogen) atoms. The van der Waals surface area contributed by atoms with E-state index < -0.39 is 0 Å². The molecule has 1 aromatic carbocycles. The van der Waals surface area contributed by atoms with E-state index in [0.717, 1.165) is 5.56 Å². The predicted octanol–water partition coefficient (Wildman–Crippen LogP) is 1.23. The van der Waals surface area contributed by atoms with E-state index in [4.69, 9.17) is 9.47 Å². The second kappa shape index (κ2) is 8.45. The fourth-order valence-electron chi connectivity index (χ4n) is 2.42. The van der Waals surface area contributed by atoms with Crippen molar-refractivity contribution < 1.29 is 19.1 Å². The van der Waals surface area contributed by atoms with Gasteiger partial charge in [0.2, 0.25) is 11.8 Å². The van der Waals surface area contributed by atoms with Crippen LogP contribution in [0.5, 0.6) is 0 Å². The van der Waals surface area contributed by atoms with Crippen molar-refractivity contribution >= 4 is 17.5 Å². The lowest BCUT2D eigenvalue weighted by molar-refractivity contribution is -0.140. The van der Waals surface area contributed by atoms with E-state index in [1.54, 1.807) is 24.1 Å². The minimum Gasteiger partial charge on any atom is -0.382 e. The molecule has 6 heteroatoms. The minimum absolute atomic E-state index is 0.0609.